The van der Waals surface area contributed by atoms with Crippen molar-refractivity contribution >= 4 is 23.8 Å². The van der Waals surface area contributed by atoms with Gasteiger partial charge in [0, 0.05) is 6.54 Å². The number of piperidine rings is 1. The van der Waals surface area contributed by atoms with Gasteiger partial charge in [-0.15, -0.1) is 0 Å². The molecule has 7 heteroatoms. The van der Waals surface area contributed by atoms with Gasteiger partial charge < -0.3 is 20.4 Å². The number of aliphatic hydroxyl groups excluding tert-OH is 1. The van der Waals surface area contributed by atoms with Crippen molar-refractivity contribution in [3.63, 3.8) is 0 Å². The molecule has 2 unspecified atom stereocenters. The number of aliphatic hydroxyl groups is 1. The summed E-state index contributed by atoms with van der Waals surface area (Å²) in [5.41, 5.74) is 0. The van der Waals surface area contributed by atoms with Crippen molar-refractivity contribution in [3.05, 3.63) is 0 Å². The highest BCUT2D eigenvalue weighted by atomic mass is 32.2. The number of carbonyl (C=O) groups excluding carboxylic acids is 1. The van der Waals surface area contributed by atoms with E-state index in [0.29, 0.717) is 18.7 Å². The SMILES string of the molecule is CSCCC(NC(=O)N1CCCCC1CO)C(=O)O. The van der Waals surface area contributed by atoms with Crippen molar-refractivity contribution in [2.75, 3.05) is 25.2 Å². The molecule has 6 nitrogen and oxygen atoms in total. The molecular weight excluding hydrogens is 268 g/mol. The molecular formula is C12H22N2O4S. The minimum atomic E-state index is -1.01. The van der Waals surface area contributed by atoms with Gasteiger partial charge in [0.1, 0.15) is 6.04 Å². The van der Waals surface area contributed by atoms with Crippen LogP contribution in [-0.4, -0.2) is 64.4 Å². The molecule has 1 aliphatic heterocycles. The van der Waals surface area contributed by atoms with Gasteiger partial charge in [-0.25, -0.2) is 9.59 Å². The van der Waals surface area contributed by atoms with E-state index in [1.807, 2.05) is 6.26 Å². The van der Waals surface area contributed by atoms with E-state index in [9.17, 15) is 14.7 Å². The maximum Gasteiger partial charge on any atom is 0.326 e. The van der Waals surface area contributed by atoms with E-state index < -0.39 is 12.0 Å². The van der Waals surface area contributed by atoms with Crippen molar-refractivity contribution in [3.8, 4) is 0 Å². The maximum atomic E-state index is 12.1. The molecule has 2 amide bonds. The number of hydrogen-bond donors (Lipinski definition) is 3. The molecule has 0 radical (unpaired) electrons. The van der Waals surface area contributed by atoms with Gasteiger partial charge in [0.05, 0.1) is 12.6 Å². The molecule has 1 saturated heterocycles. The van der Waals surface area contributed by atoms with Gasteiger partial charge >= 0.3 is 12.0 Å². The zero-order valence-electron chi connectivity index (χ0n) is 11.2. The van der Waals surface area contributed by atoms with Gasteiger partial charge in [-0.05, 0) is 37.7 Å². The van der Waals surface area contributed by atoms with Crippen molar-refractivity contribution in [2.24, 2.45) is 0 Å². The van der Waals surface area contributed by atoms with Gasteiger partial charge in [0.2, 0.25) is 0 Å². The molecule has 19 heavy (non-hydrogen) atoms. The summed E-state index contributed by atoms with van der Waals surface area (Å²) in [6, 6.07) is -1.43. The molecule has 110 valence electrons. The van der Waals surface area contributed by atoms with E-state index in [4.69, 9.17) is 5.11 Å². The number of hydrogen-bond acceptors (Lipinski definition) is 4. The second-order valence-corrected chi connectivity index (χ2v) is 5.63. The van der Waals surface area contributed by atoms with Crippen molar-refractivity contribution in [1.29, 1.82) is 0 Å². The van der Waals surface area contributed by atoms with Crippen LogP contribution in [0.5, 0.6) is 0 Å². The number of carbonyl (C=O) groups is 2. The number of aliphatic carboxylic acids is 1. The molecule has 1 rings (SSSR count). The maximum absolute atomic E-state index is 12.1. The number of nitrogens with zero attached hydrogens (tertiary/aromatic N) is 1. The van der Waals surface area contributed by atoms with Gasteiger partial charge in [0.15, 0.2) is 0 Å². The predicted molar refractivity (Wildman–Crippen MR) is 74.4 cm³/mol. The first kappa shape index (κ1) is 16.1. The summed E-state index contributed by atoms with van der Waals surface area (Å²) < 4.78 is 0. The predicted octanol–water partition coefficient (Wildman–Crippen LogP) is 0.749. The van der Waals surface area contributed by atoms with Gasteiger partial charge in [-0.2, -0.15) is 11.8 Å². The first-order valence-electron chi connectivity index (χ1n) is 6.50. The lowest BCUT2D eigenvalue weighted by Gasteiger charge is -2.35. The third-order valence-corrected chi connectivity index (χ3v) is 3.95. The van der Waals surface area contributed by atoms with Crippen LogP contribution >= 0.6 is 11.8 Å². The highest BCUT2D eigenvalue weighted by Crippen LogP contribution is 2.16. The van der Waals surface area contributed by atoms with Crippen LogP contribution in [0.3, 0.4) is 0 Å². The van der Waals surface area contributed by atoms with E-state index in [1.165, 1.54) is 0 Å². The Morgan fingerprint density at radius 1 is 1.47 bits per heavy atom. The van der Waals surface area contributed by atoms with Crippen LogP contribution in [-0.2, 0) is 4.79 Å². The molecule has 0 aliphatic carbocycles. The van der Waals surface area contributed by atoms with E-state index in [1.54, 1.807) is 16.7 Å². The van der Waals surface area contributed by atoms with E-state index in [0.717, 1.165) is 19.3 Å². The smallest absolute Gasteiger partial charge is 0.326 e. The summed E-state index contributed by atoms with van der Waals surface area (Å²) in [5.74, 6) is -0.333. The third kappa shape index (κ3) is 4.91. The summed E-state index contributed by atoms with van der Waals surface area (Å²) in [6.07, 6.45) is 4.95. The summed E-state index contributed by atoms with van der Waals surface area (Å²) in [4.78, 5) is 24.7. The first-order valence-corrected chi connectivity index (χ1v) is 7.89. The molecule has 0 bridgehead atoms. The van der Waals surface area contributed by atoms with Crippen LogP contribution in [0.25, 0.3) is 0 Å². The standard InChI is InChI=1S/C12H22N2O4S/c1-19-7-5-10(11(16)17)13-12(18)14-6-3-2-4-9(14)8-15/h9-10,15H,2-8H2,1H3,(H,13,18)(H,16,17). The minimum absolute atomic E-state index is 0.0734. The zero-order valence-corrected chi connectivity index (χ0v) is 12.0. The molecule has 0 aromatic carbocycles. The number of amides is 2. The number of carboxylic acids is 1. The molecule has 0 aromatic rings. The number of likely N-dealkylation sites (tertiary alicyclic amines) is 1. The first-order chi connectivity index (χ1) is 9.10. The fourth-order valence-corrected chi connectivity index (χ4v) is 2.65. The Hall–Kier alpha value is -0.950. The van der Waals surface area contributed by atoms with Crippen LogP contribution in [0.2, 0.25) is 0 Å². The Bertz CT molecular complexity index is 314. The number of nitrogens with one attached hydrogen (secondary N) is 1. The van der Waals surface area contributed by atoms with Crippen LogP contribution in [0.1, 0.15) is 25.7 Å². The lowest BCUT2D eigenvalue weighted by atomic mass is 10.0. The fraction of sp³-hybridized carbons (Fsp3) is 0.833. The van der Waals surface area contributed by atoms with E-state index in [2.05, 4.69) is 5.32 Å². The van der Waals surface area contributed by atoms with Crippen molar-refractivity contribution in [2.45, 2.75) is 37.8 Å². The lowest BCUT2D eigenvalue weighted by Crippen LogP contribution is -2.54. The largest absolute Gasteiger partial charge is 0.480 e. The Morgan fingerprint density at radius 3 is 2.79 bits per heavy atom. The Labute approximate surface area is 117 Å². The molecule has 1 fully saturated rings. The average Bonchev–Trinajstić information content (AvgIpc) is 2.42. The quantitative estimate of drug-likeness (QED) is 0.671. The summed E-state index contributed by atoms with van der Waals surface area (Å²) in [5, 5.41) is 20.9. The number of thioether (sulfide) groups is 1. The Kier molecular flexibility index (Phi) is 7.01. The molecule has 1 aliphatic rings. The normalized spacial score (nSPS) is 20.9. The summed E-state index contributed by atoms with van der Waals surface area (Å²) >= 11 is 1.55. The Morgan fingerprint density at radius 2 is 2.21 bits per heavy atom. The number of carboxylic acid groups (broad SMARTS) is 1. The zero-order chi connectivity index (χ0) is 14.3. The molecule has 3 N–H and O–H groups in total. The minimum Gasteiger partial charge on any atom is -0.480 e. The number of urea groups is 1. The monoisotopic (exact) mass is 290 g/mol. The van der Waals surface area contributed by atoms with Gasteiger partial charge in [0.25, 0.3) is 0 Å². The van der Waals surface area contributed by atoms with Crippen LogP contribution in [0, 0.1) is 0 Å². The van der Waals surface area contributed by atoms with Gasteiger partial charge in [-0.3, -0.25) is 0 Å². The lowest BCUT2D eigenvalue weighted by molar-refractivity contribution is -0.139. The molecule has 0 spiro atoms. The Balaban J connectivity index is 2.56. The number of rotatable bonds is 6. The van der Waals surface area contributed by atoms with E-state index >= 15 is 0 Å². The highest BCUT2D eigenvalue weighted by Gasteiger charge is 2.29. The van der Waals surface area contributed by atoms with E-state index in [-0.39, 0.29) is 18.7 Å². The highest BCUT2D eigenvalue weighted by molar-refractivity contribution is 7.98. The molecule has 1 heterocycles. The molecule has 0 aromatic heterocycles. The van der Waals surface area contributed by atoms with Crippen molar-refractivity contribution < 1.29 is 19.8 Å². The summed E-state index contributed by atoms with van der Waals surface area (Å²) in [7, 11) is 0. The summed E-state index contributed by atoms with van der Waals surface area (Å²) in [6.45, 7) is 0.502. The second kappa shape index (κ2) is 8.27. The molecule has 0 saturated carbocycles. The van der Waals surface area contributed by atoms with Crippen molar-refractivity contribution in [1.82, 2.24) is 10.2 Å². The average molecular weight is 290 g/mol. The van der Waals surface area contributed by atoms with Crippen LogP contribution in [0.4, 0.5) is 4.79 Å². The van der Waals surface area contributed by atoms with Crippen LogP contribution < -0.4 is 5.32 Å². The fourth-order valence-electron chi connectivity index (χ4n) is 2.18. The van der Waals surface area contributed by atoms with Crippen LogP contribution in [0.15, 0.2) is 0 Å². The topological polar surface area (TPSA) is 89.9 Å². The van der Waals surface area contributed by atoms with Gasteiger partial charge in [-0.1, -0.05) is 0 Å². The second-order valence-electron chi connectivity index (χ2n) is 4.65. The molecule has 2 atom stereocenters. The third-order valence-electron chi connectivity index (χ3n) is 3.31.